The number of aromatic amines is 2. The van der Waals surface area contributed by atoms with Gasteiger partial charge in [-0.15, -0.1) is 22.1 Å². The van der Waals surface area contributed by atoms with Crippen LogP contribution in [0.2, 0.25) is 0 Å². The largest absolute Gasteiger partial charge is 2.00 e. The van der Waals surface area contributed by atoms with Crippen molar-refractivity contribution in [3.8, 4) is 0 Å². The number of methoxy groups -OCH3 is 2. The first-order valence-corrected chi connectivity index (χ1v) is 15.3. The number of fused-ring (bicyclic) bond motifs is 8. The normalized spacial score (nSPS) is 18.4. The third-order valence-electron chi connectivity index (χ3n) is 9.81. The first kappa shape index (κ1) is 33.3. The fraction of sp³-hybridized carbons (Fsp3) is 0.361. The molecule has 3 atom stereocenters. The van der Waals surface area contributed by atoms with Crippen molar-refractivity contribution in [3.05, 3.63) is 75.4 Å². The van der Waals surface area contributed by atoms with Crippen LogP contribution in [-0.2, 0) is 19.1 Å². The molecule has 0 radical (unpaired) electrons. The molecule has 2 aliphatic heterocycles. The molecule has 46 heavy (non-hydrogen) atoms. The van der Waals surface area contributed by atoms with Gasteiger partial charge in [0.05, 0.1) is 26.1 Å². The third-order valence-corrected chi connectivity index (χ3v) is 9.81. The van der Waals surface area contributed by atoms with Crippen LogP contribution in [0.25, 0.3) is 39.3 Å². The molecule has 232 valence electrons. The molecule has 0 spiro atoms. The number of H-pyrrole nitrogens is 2. The second-order valence-electron chi connectivity index (χ2n) is 12.1. The second kappa shape index (κ2) is 12.6. The first-order valence-electron chi connectivity index (χ1n) is 15.3. The minimum Gasteiger partial charge on any atom is -0.657 e. The van der Waals surface area contributed by atoms with Gasteiger partial charge in [-0.1, -0.05) is 37.6 Å². The molecule has 9 nitrogen and oxygen atoms in total. The number of Topliss-reactive ketones (excluding diaryl/α,β-unsaturated/α-hetero) is 1. The van der Waals surface area contributed by atoms with Crippen molar-refractivity contribution in [1.29, 1.82) is 0 Å². The van der Waals surface area contributed by atoms with Crippen LogP contribution in [-0.4, -0.2) is 55.0 Å². The van der Waals surface area contributed by atoms with Gasteiger partial charge in [0.25, 0.3) is 0 Å². The maximum absolute atomic E-state index is 14.1. The maximum atomic E-state index is 14.1. The number of nitrogens with one attached hydrogen (secondary N) is 2. The van der Waals surface area contributed by atoms with Crippen molar-refractivity contribution in [3.63, 3.8) is 0 Å². The molecule has 3 unspecified atom stereocenters. The van der Waals surface area contributed by atoms with E-state index < -0.39 is 11.9 Å². The number of carbonyl (C=O) groups is 3. The summed E-state index contributed by atoms with van der Waals surface area (Å²) in [5.41, 5.74) is 12.0. The summed E-state index contributed by atoms with van der Waals surface area (Å²) in [6.45, 7) is 14.3. The van der Waals surface area contributed by atoms with Gasteiger partial charge in [-0.3, -0.25) is 14.4 Å². The van der Waals surface area contributed by atoms with Gasteiger partial charge in [0, 0.05) is 28.7 Å². The van der Waals surface area contributed by atoms with Gasteiger partial charge in [0.2, 0.25) is 11.4 Å². The number of allylic oxidation sites excluding steroid dienone is 2. The van der Waals surface area contributed by atoms with E-state index in [2.05, 4.69) is 43.4 Å². The van der Waals surface area contributed by atoms with E-state index in [4.69, 9.17) is 19.4 Å². The summed E-state index contributed by atoms with van der Waals surface area (Å²) in [7, 11) is 2.66. The van der Waals surface area contributed by atoms with Crippen molar-refractivity contribution >= 4 is 80.1 Å². The van der Waals surface area contributed by atoms with Crippen molar-refractivity contribution in [2.24, 2.45) is 0 Å². The quantitative estimate of drug-likeness (QED) is 0.215. The number of aromatic nitrogens is 4. The summed E-state index contributed by atoms with van der Waals surface area (Å²) in [6, 6.07) is 6.07. The summed E-state index contributed by atoms with van der Waals surface area (Å²) in [5, 5.41) is 0. The topological polar surface area (TPSA) is 126 Å². The van der Waals surface area contributed by atoms with E-state index in [-0.39, 0.29) is 53.1 Å². The predicted molar refractivity (Wildman–Crippen MR) is 176 cm³/mol. The Kier molecular flexibility index (Phi) is 9.16. The van der Waals surface area contributed by atoms with Crippen LogP contribution in [0.5, 0.6) is 0 Å². The summed E-state index contributed by atoms with van der Waals surface area (Å²) >= 11 is 0. The van der Waals surface area contributed by atoms with E-state index in [1.807, 2.05) is 32.1 Å². The van der Waals surface area contributed by atoms with Crippen LogP contribution in [0.15, 0.2) is 24.8 Å². The molecule has 10 heteroatoms. The molecule has 0 amide bonds. The van der Waals surface area contributed by atoms with Crippen molar-refractivity contribution in [2.45, 2.75) is 71.6 Å². The Bertz CT molecular complexity index is 2020. The number of ether oxygens (including phenoxy) is 2. The average Bonchev–Trinajstić information content (AvgIpc) is 3.76. The number of ketones is 1. The molecule has 6 rings (SSSR count). The second-order valence-corrected chi connectivity index (χ2v) is 12.1. The zero-order chi connectivity index (χ0) is 32.3. The van der Waals surface area contributed by atoms with Gasteiger partial charge in [-0.2, -0.15) is 0 Å². The van der Waals surface area contributed by atoms with E-state index in [1.54, 1.807) is 0 Å². The molecular weight excluding hydrogens is 593 g/mol. The van der Waals surface area contributed by atoms with Crippen LogP contribution < -0.4 is 19.9 Å². The van der Waals surface area contributed by atoms with Crippen LogP contribution in [0.4, 0.5) is 0 Å². The number of rotatable bonds is 6. The Hall–Kier alpha value is -4.02. The Balaban J connectivity index is 0.00000417. The fourth-order valence-electron chi connectivity index (χ4n) is 7.21. The van der Waals surface area contributed by atoms with Crippen LogP contribution in [0, 0.1) is 13.8 Å². The van der Waals surface area contributed by atoms with Crippen LogP contribution in [0.1, 0.15) is 113 Å². The number of esters is 2. The minimum absolute atomic E-state index is 0. The van der Waals surface area contributed by atoms with Gasteiger partial charge < -0.3 is 19.4 Å². The van der Waals surface area contributed by atoms with Gasteiger partial charge >= 0.3 is 35.0 Å². The molecule has 0 saturated carbocycles. The van der Waals surface area contributed by atoms with Gasteiger partial charge in [-0.05, 0) is 57.4 Å². The van der Waals surface area contributed by atoms with Crippen molar-refractivity contribution < 1.29 is 33.8 Å². The summed E-state index contributed by atoms with van der Waals surface area (Å²) in [4.78, 5) is 56.9. The molecule has 5 heterocycles. The van der Waals surface area contributed by atoms with Gasteiger partial charge in [-0.25, -0.2) is 9.97 Å². The van der Waals surface area contributed by atoms with Gasteiger partial charge in [0.15, 0.2) is 17.2 Å². The first-order chi connectivity index (χ1) is 21.5. The molecule has 2 N–H and O–H groups in total. The van der Waals surface area contributed by atoms with E-state index in [0.29, 0.717) is 39.8 Å². The van der Waals surface area contributed by atoms with Crippen molar-refractivity contribution in [1.82, 2.24) is 9.97 Å². The van der Waals surface area contributed by atoms with Gasteiger partial charge in [0.1, 0.15) is 5.92 Å². The predicted octanol–water partition coefficient (Wildman–Crippen LogP) is 4.92. The Morgan fingerprint density at radius 3 is 2.33 bits per heavy atom. The molecule has 1 aliphatic carbocycles. The summed E-state index contributed by atoms with van der Waals surface area (Å²) < 4.78 is 10.1. The molecular formula is C36H38MgN4O5+2. The molecule has 8 bridgehead atoms. The molecule has 0 fully saturated rings. The van der Waals surface area contributed by atoms with Crippen LogP contribution >= 0.6 is 0 Å². The van der Waals surface area contributed by atoms with E-state index in [1.165, 1.54) is 14.2 Å². The minimum atomic E-state index is -1.16. The summed E-state index contributed by atoms with van der Waals surface area (Å²) in [6.07, 6.45) is 3.25. The molecule has 3 aromatic rings. The molecule has 3 aliphatic rings. The zero-order valence-corrected chi connectivity index (χ0v) is 28.9. The standard InChI is InChI=1S/C36H37N4O5.Mg/c1-9-20-16(3)23-13-25-18(5)22(11-12-29(41)44-7)33(39-25)31-32(36(43)45-8)35(42)30-19(6)26(40-34(30)31)15-28-21(10-2)17(4)24(38-28)14-27(20)37-23;/h9,13-15,18,22,32H,1,10-12H2,2-8H3,(H-,37,38,39,40,42);/q-1;+2/p+1. The number of hydrogen-bond acceptors (Lipinski definition) is 5. The Labute approximate surface area is 284 Å². The molecule has 0 aromatic carbocycles. The smallest absolute Gasteiger partial charge is 0.657 e. The summed E-state index contributed by atoms with van der Waals surface area (Å²) in [5.74, 6) is -2.78. The van der Waals surface area contributed by atoms with E-state index in [0.717, 1.165) is 56.8 Å². The average molecular weight is 631 g/mol. The SMILES string of the molecule is C=Cc1c(C)c2cc3[nH+]c(c4c5[n-]c(cc6[nH+]c(cc1[n-]2)C(C)=C6CC)c(C)c5C(=O)C4C(=O)OC)C(CCC(=O)OC)C3C.[Mg+2]. The Morgan fingerprint density at radius 2 is 1.67 bits per heavy atom. The fourth-order valence-corrected chi connectivity index (χ4v) is 7.21. The number of carbonyl (C=O) groups excluding carboxylic acids is 3. The zero-order valence-electron chi connectivity index (χ0n) is 27.5. The monoisotopic (exact) mass is 630 g/mol. The number of nitrogens with zero attached hydrogens (tertiary/aromatic N) is 2. The number of hydrogen-bond donors (Lipinski definition) is 0. The molecule has 3 aromatic heterocycles. The number of aryl methyl sites for hydroxylation is 2. The molecule has 0 saturated heterocycles. The van der Waals surface area contributed by atoms with E-state index in [9.17, 15) is 14.4 Å². The van der Waals surface area contributed by atoms with Crippen LogP contribution in [0.3, 0.4) is 0 Å². The Morgan fingerprint density at radius 1 is 0.978 bits per heavy atom. The maximum Gasteiger partial charge on any atom is 2.00 e. The third kappa shape index (κ3) is 5.11. The van der Waals surface area contributed by atoms with Crippen molar-refractivity contribution in [2.75, 3.05) is 14.2 Å². The van der Waals surface area contributed by atoms with E-state index >= 15 is 0 Å².